The zero-order valence-electron chi connectivity index (χ0n) is 13.1. The largest absolute Gasteiger partial charge is 0.497 e. The van der Waals surface area contributed by atoms with Crippen LogP contribution in [0, 0.1) is 0 Å². The molecule has 0 aliphatic carbocycles. The fourth-order valence-corrected chi connectivity index (χ4v) is 1.97. The first-order valence-corrected chi connectivity index (χ1v) is 7.32. The lowest BCUT2D eigenvalue weighted by molar-refractivity contribution is 0.0952. The summed E-state index contributed by atoms with van der Waals surface area (Å²) < 4.78 is 5.20. The van der Waals surface area contributed by atoms with Crippen LogP contribution in [0.1, 0.15) is 16.1 Å². The maximum atomic E-state index is 11.7. The summed E-state index contributed by atoms with van der Waals surface area (Å²) in [7, 11) is 1.65. The third kappa shape index (κ3) is 5.10. The number of methoxy groups -OCH3 is 1. The Morgan fingerprint density at radius 3 is 2.87 bits per heavy atom. The van der Waals surface area contributed by atoms with Crippen molar-refractivity contribution in [1.29, 1.82) is 0 Å². The highest BCUT2D eigenvalue weighted by Gasteiger charge is 2.06. The van der Waals surface area contributed by atoms with E-state index in [-0.39, 0.29) is 11.6 Å². The van der Waals surface area contributed by atoms with Gasteiger partial charge in [0.05, 0.1) is 7.11 Å². The van der Waals surface area contributed by atoms with E-state index in [2.05, 4.69) is 27.4 Å². The Labute approximate surface area is 135 Å². The molecular formula is C17H20N4O2. The van der Waals surface area contributed by atoms with E-state index in [1.54, 1.807) is 25.3 Å². The Morgan fingerprint density at radius 2 is 2.17 bits per heavy atom. The Kier molecular flexibility index (Phi) is 6.11. The SMILES string of the molecule is C=CCNC(=O)c1ccc(NCCc2cccc(OC)c2)nn1. The number of benzene rings is 1. The first-order valence-electron chi connectivity index (χ1n) is 7.32. The summed E-state index contributed by atoms with van der Waals surface area (Å²) in [6, 6.07) is 11.3. The maximum Gasteiger partial charge on any atom is 0.272 e. The number of hydrogen-bond donors (Lipinski definition) is 2. The standard InChI is InChI=1S/C17H20N4O2/c1-3-10-19-17(22)15-7-8-16(21-20-15)18-11-9-13-5-4-6-14(12-13)23-2/h3-8,12H,1,9-11H2,2H3,(H,18,21)(H,19,22). The van der Waals surface area contributed by atoms with Crippen LogP contribution in [0.4, 0.5) is 5.82 Å². The number of nitrogens with one attached hydrogen (secondary N) is 2. The van der Waals surface area contributed by atoms with Crippen molar-refractivity contribution in [2.24, 2.45) is 0 Å². The molecule has 0 bridgehead atoms. The average Bonchev–Trinajstić information content (AvgIpc) is 2.60. The Hall–Kier alpha value is -2.89. The highest BCUT2D eigenvalue weighted by molar-refractivity contribution is 5.92. The fourth-order valence-electron chi connectivity index (χ4n) is 1.97. The van der Waals surface area contributed by atoms with E-state index < -0.39 is 0 Å². The monoisotopic (exact) mass is 312 g/mol. The quantitative estimate of drug-likeness (QED) is 0.730. The number of carbonyl (C=O) groups is 1. The normalized spacial score (nSPS) is 9.96. The number of ether oxygens (including phenoxy) is 1. The molecule has 0 saturated heterocycles. The number of hydrogen-bond acceptors (Lipinski definition) is 5. The van der Waals surface area contributed by atoms with E-state index >= 15 is 0 Å². The molecule has 0 unspecified atom stereocenters. The van der Waals surface area contributed by atoms with Crippen molar-refractivity contribution in [2.75, 3.05) is 25.5 Å². The molecule has 2 aromatic rings. The molecule has 0 aliphatic heterocycles. The summed E-state index contributed by atoms with van der Waals surface area (Å²) in [5.41, 5.74) is 1.45. The van der Waals surface area contributed by atoms with Gasteiger partial charge in [-0.2, -0.15) is 0 Å². The summed E-state index contributed by atoms with van der Waals surface area (Å²) in [4.78, 5) is 11.7. The highest BCUT2D eigenvalue weighted by Crippen LogP contribution is 2.13. The second-order valence-corrected chi connectivity index (χ2v) is 4.83. The van der Waals surface area contributed by atoms with Crippen molar-refractivity contribution >= 4 is 11.7 Å². The van der Waals surface area contributed by atoms with Gasteiger partial charge in [-0.15, -0.1) is 16.8 Å². The average molecular weight is 312 g/mol. The molecule has 0 radical (unpaired) electrons. The van der Waals surface area contributed by atoms with Crippen LogP contribution < -0.4 is 15.4 Å². The molecule has 6 nitrogen and oxygen atoms in total. The molecule has 1 aromatic carbocycles. The lowest BCUT2D eigenvalue weighted by atomic mass is 10.1. The fraction of sp³-hybridized carbons (Fsp3) is 0.235. The van der Waals surface area contributed by atoms with E-state index in [4.69, 9.17) is 4.74 Å². The molecule has 6 heteroatoms. The minimum atomic E-state index is -0.264. The molecule has 0 atom stereocenters. The summed E-state index contributed by atoms with van der Waals surface area (Å²) in [5.74, 6) is 1.21. The van der Waals surface area contributed by atoms with Crippen LogP contribution in [0.25, 0.3) is 0 Å². The molecule has 0 saturated carbocycles. The molecule has 2 rings (SSSR count). The molecule has 0 aliphatic rings. The van der Waals surface area contributed by atoms with Crippen LogP contribution in [0.15, 0.2) is 49.1 Å². The summed E-state index contributed by atoms with van der Waals surface area (Å²) in [6.07, 6.45) is 2.44. The number of rotatable bonds is 8. The van der Waals surface area contributed by atoms with Gasteiger partial charge in [0.1, 0.15) is 11.6 Å². The van der Waals surface area contributed by atoms with E-state index in [9.17, 15) is 4.79 Å². The van der Waals surface area contributed by atoms with Crippen molar-refractivity contribution < 1.29 is 9.53 Å². The van der Waals surface area contributed by atoms with Gasteiger partial charge in [-0.25, -0.2) is 0 Å². The molecule has 0 fully saturated rings. The second-order valence-electron chi connectivity index (χ2n) is 4.83. The van der Waals surface area contributed by atoms with Crippen LogP contribution >= 0.6 is 0 Å². The number of carbonyl (C=O) groups excluding carboxylic acids is 1. The third-order valence-electron chi connectivity index (χ3n) is 3.16. The summed E-state index contributed by atoms with van der Waals surface area (Å²) in [5, 5.41) is 13.7. The van der Waals surface area contributed by atoms with E-state index in [0.29, 0.717) is 18.9 Å². The minimum Gasteiger partial charge on any atom is -0.497 e. The number of amides is 1. The smallest absolute Gasteiger partial charge is 0.272 e. The maximum absolute atomic E-state index is 11.7. The second kappa shape index (κ2) is 8.53. The van der Waals surface area contributed by atoms with Crippen molar-refractivity contribution in [1.82, 2.24) is 15.5 Å². The molecule has 23 heavy (non-hydrogen) atoms. The number of nitrogens with zero attached hydrogens (tertiary/aromatic N) is 2. The lowest BCUT2D eigenvalue weighted by Crippen LogP contribution is -2.24. The van der Waals surface area contributed by atoms with Gasteiger partial charge in [0.2, 0.25) is 0 Å². The first kappa shape index (κ1) is 16.5. The van der Waals surface area contributed by atoms with Gasteiger partial charge in [-0.05, 0) is 36.2 Å². The van der Waals surface area contributed by atoms with Gasteiger partial charge >= 0.3 is 0 Å². The Bertz CT molecular complexity index is 656. The summed E-state index contributed by atoms with van der Waals surface area (Å²) >= 11 is 0. The minimum absolute atomic E-state index is 0.264. The molecule has 1 aromatic heterocycles. The van der Waals surface area contributed by atoms with Crippen LogP contribution in [0.5, 0.6) is 5.75 Å². The first-order chi connectivity index (χ1) is 11.2. The summed E-state index contributed by atoms with van der Waals surface area (Å²) in [6.45, 7) is 4.66. The molecule has 0 spiro atoms. The van der Waals surface area contributed by atoms with E-state index in [1.807, 2.05) is 24.3 Å². The molecular weight excluding hydrogens is 292 g/mol. The Morgan fingerprint density at radius 1 is 1.30 bits per heavy atom. The Balaban J connectivity index is 1.84. The molecule has 1 amide bonds. The van der Waals surface area contributed by atoms with Gasteiger partial charge in [0, 0.05) is 13.1 Å². The number of aromatic nitrogens is 2. The van der Waals surface area contributed by atoms with Crippen molar-refractivity contribution in [2.45, 2.75) is 6.42 Å². The molecule has 120 valence electrons. The van der Waals surface area contributed by atoms with Gasteiger partial charge in [0.25, 0.3) is 5.91 Å². The topological polar surface area (TPSA) is 76.1 Å². The molecule has 1 heterocycles. The van der Waals surface area contributed by atoms with Crippen molar-refractivity contribution in [3.63, 3.8) is 0 Å². The number of anilines is 1. The van der Waals surface area contributed by atoms with Gasteiger partial charge in [0.15, 0.2) is 5.69 Å². The van der Waals surface area contributed by atoms with Crippen molar-refractivity contribution in [3.05, 3.63) is 60.3 Å². The predicted octanol–water partition coefficient (Wildman–Crippen LogP) is 2.06. The van der Waals surface area contributed by atoms with Crippen LogP contribution in [-0.4, -0.2) is 36.3 Å². The van der Waals surface area contributed by atoms with Crippen LogP contribution in [0.2, 0.25) is 0 Å². The zero-order valence-corrected chi connectivity index (χ0v) is 13.1. The van der Waals surface area contributed by atoms with Gasteiger partial charge < -0.3 is 15.4 Å². The van der Waals surface area contributed by atoms with E-state index in [1.165, 1.54) is 5.56 Å². The van der Waals surface area contributed by atoms with Gasteiger partial charge in [-0.1, -0.05) is 18.2 Å². The van der Waals surface area contributed by atoms with Gasteiger partial charge in [-0.3, -0.25) is 4.79 Å². The van der Waals surface area contributed by atoms with Crippen LogP contribution in [0.3, 0.4) is 0 Å². The lowest BCUT2D eigenvalue weighted by Gasteiger charge is -2.07. The third-order valence-corrected chi connectivity index (χ3v) is 3.16. The molecule has 2 N–H and O–H groups in total. The zero-order chi connectivity index (χ0) is 16.5. The van der Waals surface area contributed by atoms with Crippen molar-refractivity contribution in [3.8, 4) is 5.75 Å². The predicted molar refractivity (Wildman–Crippen MR) is 89.7 cm³/mol. The van der Waals surface area contributed by atoms with E-state index in [0.717, 1.165) is 12.2 Å². The van der Waals surface area contributed by atoms with Crippen LogP contribution in [-0.2, 0) is 6.42 Å². The highest BCUT2D eigenvalue weighted by atomic mass is 16.5.